The van der Waals surface area contributed by atoms with Crippen molar-refractivity contribution >= 4 is 0 Å². The average Bonchev–Trinajstić information content (AvgIpc) is 2.33. The van der Waals surface area contributed by atoms with Crippen LogP contribution in [0.25, 0.3) is 0 Å². The summed E-state index contributed by atoms with van der Waals surface area (Å²) in [4.78, 5) is 3.82. The third-order valence-corrected chi connectivity index (χ3v) is 2.81. The molecule has 0 spiro atoms. The minimum atomic E-state index is -0.824. The molecule has 0 saturated heterocycles. The van der Waals surface area contributed by atoms with Crippen molar-refractivity contribution in [1.82, 2.24) is 4.98 Å². The van der Waals surface area contributed by atoms with Crippen LogP contribution in [0.4, 0.5) is 8.78 Å². The summed E-state index contributed by atoms with van der Waals surface area (Å²) in [6.45, 7) is 1.78. The SMILES string of the molecule is Cc1cc(F)ccc1CC(O)c1ccc(F)cn1. The molecule has 0 aliphatic carbocycles. The molecule has 1 unspecified atom stereocenters. The van der Waals surface area contributed by atoms with Crippen LogP contribution in [0.5, 0.6) is 0 Å². The van der Waals surface area contributed by atoms with Crippen molar-refractivity contribution in [1.29, 1.82) is 0 Å². The molecule has 0 bridgehead atoms. The van der Waals surface area contributed by atoms with E-state index < -0.39 is 11.9 Å². The summed E-state index contributed by atoms with van der Waals surface area (Å²) in [7, 11) is 0. The van der Waals surface area contributed by atoms with Gasteiger partial charge >= 0.3 is 0 Å². The molecule has 0 radical (unpaired) electrons. The number of benzene rings is 1. The minimum absolute atomic E-state index is 0.300. The van der Waals surface area contributed by atoms with Gasteiger partial charge in [-0.3, -0.25) is 4.98 Å². The molecule has 4 heteroatoms. The van der Waals surface area contributed by atoms with Gasteiger partial charge in [-0.05, 0) is 42.3 Å². The van der Waals surface area contributed by atoms with Gasteiger partial charge in [-0.25, -0.2) is 8.78 Å². The lowest BCUT2D eigenvalue weighted by molar-refractivity contribution is 0.173. The van der Waals surface area contributed by atoms with Crippen LogP contribution in [-0.4, -0.2) is 10.1 Å². The summed E-state index contributed by atoms with van der Waals surface area (Å²) in [6.07, 6.45) is 0.565. The van der Waals surface area contributed by atoms with Gasteiger partial charge in [0.25, 0.3) is 0 Å². The fraction of sp³-hybridized carbons (Fsp3) is 0.214. The first-order valence-corrected chi connectivity index (χ1v) is 5.61. The Bertz CT molecular complexity index is 540. The van der Waals surface area contributed by atoms with Crippen molar-refractivity contribution < 1.29 is 13.9 Å². The first kappa shape index (κ1) is 12.6. The summed E-state index contributed by atoms with van der Waals surface area (Å²) < 4.78 is 25.6. The summed E-state index contributed by atoms with van der Waals surface area (Å²) in [5, 5.41) is 9.98. The van der Waals surface area contributed by atoms with Crippen LogP contribution in [0.1, 0.15) is 22.9 Å². The lowest BCUT2D eigenvalue weighted by Crippen LogP contribution is -2.05. The van der Waals surface area contributed by atoms with Crippen molar-refractivity contribution in [2.75, 3.05) is 0 Å². The fourth-order valence-corrected chi connectivity index (χ4v) is 1.79. The lowest BCUT2D eigenvalue weighted by atomic mass is 10.0. The first-order chi connectivity index (χ1) is 8.56. The van der Waals surface area contributed by atoms with E-state index in [1.54, 1.807) is 13.0 Å². The maximum atomic E-state index is 12.9. The smallest absolute Gasteiger partial charge is 0.141 e. The predicted octanol–water partition coefficient (Wildman–Crippen LogP) is 2.94. The molecule has 1 N–H and O–H groups in total. The molecule has 18 heavy (non-hydrogen) atoms. The maximum Gasteiger partial charge on any atom is 0.141 e. The molecule has 2 nitrogen and oxygen atoms in total. The molecule has 0 saturated carbocycles. The minimum Gasteiger partial charge on any atom is -0.386 e. The van der Waals surface area contributed by atoms with E-state index >= 15 is 0 Å². The van der Waals surface area contributed by atoms with E-state index in [0.717, 1.165) is 17.3 Å². The van der Waals surface area contributed by atoms with Crippen molar-refractivity contribution in [3.8, 4) is 0 Å². The van der Waals surface area contributed by atoms with Gasteiger partial charge in [0.15, 0.2) is 0 Å². The molecule has 1 aromatic carbocycles. The number of aryl methyl sites for hydroxylation is 1. The molecule has 0 amide bonds. The lowest BCUT2D eigenvalue weighted by Gasteiger charge is -2.12. The Labute approximate surface area is 104 Å². The van der Waals surface area contributed by atoms with Gasteiger partial charge in [0, 0.05) is 6.42 Å². The Morgan fingerprint density at radius 2 is 1.89 bits per heavy atom. The van der Waals surface area contributed by atoms with E-state index in [1.807, 2.05) is 0 Å². The third kappa shape index (κ3) is 2.90. The third-order valence-electron chi connectivity index (χ3n) is 2.81. The molecular formula is C14H13F2NO. The van der Waals surface area contributed by atoms with Crippen LogP contribution in [0.3, 0.4) is 0 Å². The number of nitrogens with zero attached hydrogens (tertiary/aromatic N) is 1. The molecule has 1 heterocycles. The second kappa shape index (κ2) is 5.23. The summed E-state index contributed by atoms with van der Waals surface area (Å²) in [6, 6.07) is 7.10. The number of aromatic nitrogens is 1. The number of halogens is 2. The predicted molar refractivity (Wildman–Crippen MR) is 64.0 cm³/mol. The van der Waals surface area contributed by atoms with Gasteiger partial charge in [0.05, 0.1) is 18.0 Å². The largest absolute Gasteiger partial charge is 0.386 e. The zero-order valence-corrected chi connectivity index (χ0v) is 9.90. The highest BCUT2D eigenvalue weighted by atomic mass is 19.1. The molecule has 2 rings (SSSR count). The quantitative estimate of drug-likeness (QED) is 0.907. The Hall–Kier alpha value is -1.81. The van der Waals surface area contributed by atoms with Crippen molar-refractivity contribution in [2.24, 2.45) is 0 Å². The highest BCUT2D eigenvalue weighted by Crippen LogP contribution is 2.19. The highest BCUT2D eigenvalue weighted by Gasteiger charge is 2.12. The first-order valence-electron chi connectivity index (χ1n) is 5.61. The van der Waals surface area contributed by atoms with E-state index in [4.69, 9.17) is 0 Å². The fourth-order valence-electron chi connectivity index (χ4n) is 1.79. The second-order valence-corrected chi connectivity index (χ2v) is 4.19. The molecular weight excluding hydrogens is 236 g/mol. The molecule has 0 fully saturated rings. The molecule has 1 aromatic heterocycles. The van der Waals surface area contributed by atoms with Crippen LogP contribution >= 0.6 is 0 Å². The number of pyridine rings is 1. The van der Waals surface area contributed by atoms with Crippen LogP contribution < -0.4 is 0 Å². The van der Waals surface area contributed by atoms with Crippen LogP contribution in [-0.2, 0) is 6.42 Å². The van der Waals surface area contributed by atoms with Crippen molar-refractivity contribution in [2.45, 2.75) is 19.4 Å². The van der Waals surface area contributed by atoms with E-state index in [9.17, 15) is 13.9 Å². The standard InChI is InChI=1S/C14H13F2NO/c1-9-6-11(15)3-2-10(9)7-14(18)13-5-4-12(16)8-17-13/h2-6,8,14,18H,7H2,1H3. The summed E-state index contributed by atoms with van der Waals surface area (Å²) in [5.74, 6) is -0.741. The van der Waals surface area contributed by atoms with Crippen LogP contribution in [0, 0.1) is 18.6 Å². The zero-order chi connectivity index (χ0) is 13.1. The Kier molecular flexibility index (Phi) is 3.67. The van der Waals surface area contributed by atoms with Crippen LogP contribution in [0.2, 0.25) is 0 Å². The highest BCUT2D eigenvalue weighted by molar-refractivity contribution is 5.28. The number of hydrogen-bond acceptors (Lipinski definition) is 2. The summed E-state index contributed by atoms with van der Waals surface area (Å²) >= 11 is 0. The van der Waals surface area contributed by atoms with Gasteiger partial charge in [-0.1, -0.05) is 6.07 Å². The maximum absolute atomic E-state index is 12.9. The molecule has 1 atom stereocenters. The van der Waals surface area contributed by atoms with Gasteiger partial charge in [0.2, 0.25) is 0 Å². The Morgan fingerprint density at radius 1 is 1.17 bits per heavy atom. The van der Waals surface area contributed by atoms with Crippen molar-refractivity contribution in [3.63, 3.8) is 0 Å². The van der Waals surface area contributed by atoms with Crippen LogP contribution in [0.15, 0.2) is 36.5 Å². The zero-order valence-electron chi connectivity index (χ0n) is 9.90. The normalized spacial score (nSPS) is 12.4. The average molecular weight is 249 g/mol. The van der Waals surface area contributed by atoms with E-state index in [2.05, 4.69) is 4.98 Å². The number of hydrogen-bond donors (Lipinski definition) is 1. The molecule has 0 aliphatic heterocycles. The monoisotopic (exact) mass is 249 g/mol. The number of aliphatic hydroxyl groups is 1. The van der Waals surface area contributed by atoms with Gasteiger partial charge in [-0.15, -0.1) is 0 Å². The Morgan fingerprint density at radius 3 is 2.50 bits per heavy atom. The number of aliphatic hydroxyl groups excluding tert-OH is 1. The Balaban J connectivity index is 2.15. The van der Waals surface area contributed by atoms with E-state index in [-0.39, 0.29) is 5.82 Å². The molecule has 2 aromatic rings. The second-order valence-electron chi connectivity index (χ2n) is 4.19. The van der Waals surface area contributed by atoms with Gasteiger partial charge < -0.3 is 5.11 Å². The topological polar surface area (TPSA) is 33.1 Å². The number of rotatable bonds is 3. The summed E-state index contributed by atoms with van der Waals surface area (Å²) in [5.41, 5.74) is 2.02. The molecule has 0 aliphatic rings. The van der Waals surface area contributed by atoms with E-state index in [0.29, 0.717) is 12.1 Å². The van der Waals surface area contributed by atoms with Gasteiger partial charge in [-0.2, -0.15) is 0 Å². The van der Waals surface area contributed by atoms with E-state index in [1.165, 1.54) is 24.3 Å². The molecule has 94 valence electrons. The van der Waals surface area contributed by atoms with Gasteiger partial charge in [0.1, 0.15) is 11.6 Å². The van der Waals surface area contributed by atoms with Crippen molar-refractivity contribution in [3.05, 3.63) is 65.0 Å².